The Morgan fingerprint density at radius 1 is 1.57 bits per heavy atom. The maximum atomic E-state index is 11.1. The van der Waals surface area contributed by atoms with E-state index in [1.165, 1.54) is 11.3 Å². The molecule has 1 aromatic heterocycles. The minimum atomic E-state index is -1.01. The van der Waals surface area contributed by atoms with Crippen molar-refractivity contribution in [3.8, 4) is 0 Å². The third-order valence-corrected chi connectivity index (χ3v) is 2.63. The van der Waals surface area contributed by atoms with Gasteiger partial charge in [-0.05, 0) is 13.0 Å². The van der Waals surface area contributed by atoms with Crippen molar-refractivity contribution >= 4 is 28.2 Å². The monoisotopic (exact) mass is 213 g/mol. The van der Waals surface area contributed by atoms with Gasteiger partial charge in [0.15, 0.2) is 0 Å². The fourth-order valence-electron chi connectivity index (χ4n) is 0.981. The predicted octanol–water partition coefficient (Wildman–Crippen LogP) is 2.10. The predicted molar refractivity (Wildman–Crippen MR) is 54.9 cm³/mol. The second-order valence-electron chi connectivity index (χ2n) is 2.81. The summed E-state index contributed by atoms with van der Waals surface area (Å²) in [4.78, 5) is 22.7. The Kier molecular flexibility index (Phi) is 3.24. The molecular formula is C9H11NO3S. The van der Waals surface area contributed by atoms with E-state index in [1.807, 2.05) is 0 Å². The third kappa shape index (κ3) is 2.32. The van der Waals surface area contributed by atoms with Crippen LogP contribution in [0.4, 0.5) is 5.00 Å². The van der Waals surface area contributed by atoms with Gasteiger partial charge in [-0.1, -0.05) is 6.92 Å². The molecule has 0 unspecified atom stereocenters. The van der Waals surface area contributed by atoms with E-state index in [2.05, 4.69) is 5.32 Å². The summed E-state index contributed by atoms with van der Waals surface area (Å²) in [5.74, 6) is -1.19. The van der Waals surface area contributed by atoms with E-state index in [0.29, 0.717) is 11.4 Å². The molecule has 0 aliphatic heterocycles. The molecule has 1 heterocycles. The Labute approximate surface area is 85.6 Å². The fraction of sp³-hybridized carbons (Fsp3) is 0.333. The molecule has 0 aliphatic rings. The summed E-state index contributed by atoms with van der Waals surface area (Å²) in [7, 11) is 0. The van der Waals surface area contributed by atoms with Gasteiger partial charge >= 0.3 is 5.97 Å². The maximum Gasteiger partial charge on any atom is 0.338 e. The molecule has 0 aromatic carbocycles. The number of carbonyl (C=O) groups is 2. The molecule has 0 aliphatic carbocycles. The van der Waals surface area contributed by atoms with Gasteiger partial charge in [-0.2, -0.15) is 0 Å². The summed E-state index contributed by atoms with van der Waals surface area (Å²) < 4.78 is 0. The Morgan fingerprint density at radius 3 is 2.71 bits per heavy atom. The van der Waals surface area contributed by atoms with E-state index in [9.17, 15) is 9.59 Å². The first-order valence-corrected chi connectivity index (χ1v) is 4.99. The highest BCUT2D eigenvalue weighted by Gasteiger charge is 2.14. The van der Waals surface area contributed by atoms with Crippen molar-refractivity contribution in [1.29, 1.82) is 0 Å². The molecule has 76 valence electrons. The minimum Gasteiger partial charge on any atom is -0.478 e. The zero-order chi connectivity index (χ0) is 10.7. The number of nitrogens with one attached hydrogen (secondary N) is 1. The van der Waals surface area contributed by atoms with Gasteiger partial charge in [0.2, 0.25) is 5.91 Å². The number of amides is 1. The molecule has 0 spiro atoms. The van der Waals surface area contributed by atoms with Crippen LogP contribution in [0.5, 0.6) is 0 Å². The quantitative estimate of drug-likeness (QED) is 0.808. The number of anilines is 1. The van der Waals surface area contributed by atoms with Gasteiger partial charge in [-0.25, -0.2) is 4.79 Å². The number of thiophene rings is 1. The summed E-state index contributed by atoms with van der Waals surface area (Å²) >= 11 is 1.27. The van der Waals surface area contributed by atoms with Crippen molar-refractivity contribution in [2.45, 2.75) is 20.3 Å². The fourth-order valence-corrected chi connectivity index (χ4v) is 1.90. The first-order chi connectivity index (χ1) is 6.54. The zero-order valence-corrected chi connectivity index (χ0v) is 8.77. The van der Waals surface area contributed by atoms with Crippen molar-refractivity contribution in [2.75, 3.05) is 5.32 Å². The third-order valence-electron chi connectivity index (χ3n) is 1.66. The van der Waals surface area contributed by atoms with Crippen LogP contribution in [0.1, 0.15) is 28.6 Å². The van der Waals surface area contributed by atoms with Crippen LogP contribution < -0.4 is 5.32 Å². The minimum absolute atomic E-state index is 0.161. The Morgan fingerprint density at radius 2 is 2.21 bits per heavy atom. The molecular weight excluding hydrogens is 202 g/mol. The van der Waals surface area contributed by atoms with Crippen LogP contribution in [0.15, 0.2) is 6.07 Å². The van der Waals surface area contributed by atoms with Gasteiger partial charge in [-0.3, -0.25) is 4.79 Å². The summed E-state index contributed by atoms with van der Waals surface area (Å²) in [5.41, 5.74) is 0.161. The van der Waals surface area contributed by atoms with Crippen molar-refractivity contribution < 1.29 is 14.7 Å². The molecule has 0 radical (unpaired) electrons. The Hall–Kier alpha value is -1.36. The number of aromatic carboxylic acids is 1. The van der Waals surface area contributed by atoms with Gasteiger partial charge in [0.1, 0.15) is 5.00 Å². The normalized spacial score (nSPS) is 9.86. The van der Waals surface area contributed by atoms with Crippen molar-refractivity contribution in [2.24, 2.45) is 0 Å². The van der Waals surface area contributed by atoms with Crippen molar-refractivity contribution in [3.05, 3.63) is 16.5 Å². The molecule has 0 atom stereocenters. The van der Waals surface area contributed by atoms with Crippen LogP contribution in [0, 0.1) is 6.92 Å². The van der Waals surface area contributed by atoms with E-state index in [4.69, 9.17) is 5.11 Å². The zero-order valence-electron chi connectivity index (χ0n) is 7.96. The van der Waals surface area contributed by atoms with E-state index < -0.39 is 5.97 Å². The highest BCUT2D eigenvalue weighted by molar-refractivity contribution is 7.16. The molecule has 0 bridgehead atoms. The van der Waals surface area contributed by atoms with E-state index in [1.54, 1.807) is 19.9 Å². The molecule has 5 heteroatoms. The number of carboxylic acids is 1. The van der Waals surface area contributed by atoms with E-state index in [0.717, 1.165) is 4.88 Å². The van der Waals surface area contributed by atoms with Gasteiger partial charge in [0.25, 0.3) is 0 Å². The lowest BCUT2D eigenvalue weighted by molar-refractivity contribution is -0.115. The molecule has 2 N–H and O–H groups in total. The van der Waals surface area contributed by atoms with Crippen LogP contribution >= 0.6 is 11.3 Å². The second-order valence-corrected chi connectivity index (χ2v) is 4.06. The summed E-state index contributed by atoms with van der Waals surface area (Å²) in [6, 6.07) is 1.55. The van der Waals surface area contributed by atoms with Crippen molar-refractivity contribution in [1.82, 2.24) is 0 Å². The number of rotatable bonds is 3. The van der Waals surface area contributed by atoms with E-state index >= 15 is 0 Å². The maximum absolute atomic E-state index is 11.1. The largest absolute Gasteiger partial charge is 0.478 e. The first kappa shape index (κ1) is 10.7. The number of hydrogen-bond donors (Lipinski definition) is 2. The lowest BCUT2D eigenvalue weighted by Crippen LogP contribution is -2.10. The van der Waals surface area contributed by atoms with Crippen LogP contribution in [-0.4, -0.2) is 17.0 Å². The first-order valence-electron chi connectivity index (χ1n) is 4.18. The molecule has 1 aromatic rings. The molecule has 0 saturated carbocycles. The number of hydrogen-bond acceptors (Lipinski definition) is 3. The van der Waals surface area contributed by atoms with Crippen LogP contribution in [0.2, 0.25) is 0 Å². The van der Waals surface area contributed by atoms with Crippen LogP contribution in [0.25, 0.3) is 0 Å². The molecule has 0 saturated heterocycles. The van der Waals surface area contributed by atoms with Crippen LogP contribution in [-0.2, 0) is 4.79 Å². The topological polar surface area (TPSA) is 66.4 Å². The van der Waals surface area contributed by atoms with Gasteiger partial charge in [-0.15, -0.1) is 11.3 Å². The Bertz CT molecular complexity index is 370. The number of carbonyl (C=O) groups excluding carboxylic acids is 1. The summed E-state index contributed by atoms with van der Waals surface area (Å²) in [5, 5.41) is 11.8. The van der Waals surface area contributed by atoms with Crippen LogP contribution in [0.3, 0.4) is 0 Å². The average molecular weight is 213 g/mol. The Balaban J connectivity index is 2.95. The molecule has 1 rings (SSSR count). The smallest absolute Gasteiger partial charge is 0.338 e. The summed E-state index contributed by atoms with van der Waals surface area (Å²) in [6.45, 7) is 3.52. The SMILES string of the molecule is CCC(=O)Nc1sc(C)cc1C(=O)O. The van der Waals surface area contributed by atoms with E-state index in [-0.39, 0.29) is 11.5 Å². The summed E-state index contributed by atoms with van der Waals surface area (Å²) in [6.07, 6.45) is 0.343. The lowest BCUT2D eigenvalue weighted by atomic mass is 10.3. The molecule has 1 amide bonds. The van der Waals surface area contributed by atoms with Crippen molar-refractivity contribution in [3.63, 3.8) is 0 Å². The molecule has 4 nitrogen and oxygen atoms in total. The highest BCUT2D eigenvalue weighted by atomic mass is 32.1. The average Bonchev–Trinajstić information content (AvgIpc) is 2.46. The molecule has 14 heavy (non-hydrogen) atoms. The number of aryl methyl sites for hydroxylation is 1. The van der Waals surface area contributed by atoms with Gasteiger partial charge < -0.3 is 10.4 Å². The van der Waals surface area contributed by atoms with Gasteiger partial charge in [0, 0.05) is 11.3 Å². The lowest BCUT2D eigenvalue weighted by Gasteiger charge is -2.00. The highest BCUT2D eigenvalue weighted by Crippen LogP contribution is 2.27. The standard InChI is InChI=1S/C9H11NO3S/c1-3-7(11)10-8-6(9(12)13)4-5(2)14-8/h4H,3H2,1-2H3,(H,10,11)(H,12,13). The number of carboxylic acid groups (broad SMARTS) is 1. The van der Waals surface area contributed by atoms with Gasteiger partial charge in [0.05, 0.1) is 5.56 Å². The second kappa shape index (κ2) is 4.23. The molecule has 0 fully saturated rings.